The smallest absolute Gasteiger partial charge is 0.269 e. The van der Waals surface area contributed by atoms with Gasteiger partial charge < -0.3 is 9.47 Å². The molecule has 3 rings (SSSR count). The van der Waals surface area contributed by atoms with Crippen LogP contribution < -0.4 is 9.47 Å². The number of benzene rings is 3. The molecule has 0 amide bonds. The van der Waals surface area contributed by atoms with Crippen LogP contribution in [0.3, 0.4) is 0 Å². The first-order valence-electron chi connectivity index (χ1n) is 9.13. The van der Waals surface area contributed by atoms with Crippen molar-refractivity contribution >= 4 is 56.5 Å². The van der Waals surface area contributed by atoms with E-state index >= 15 is 0 Å². The third-order valence-corrected chi connectivity index (χ3v) is 5.77. The highest BCUT2D eigenvalue weighted by molar-refractivity contribution is 9.10. The van der Waals surface area contributed by atoms with Crippen LogP contribution in [0.1, 0.15) is 16.7 Å². The molecule has 6 nitrogen and oxygen atoms in total. The molecular formula is C23H15BrCl2N2O4. The topological polar surface area (TPSA) is 85.4 Å². The summed E-state index contributed by atoms with van der Waals surface area (Å²) in [5.74, 6) is 0.955. The molecule has 0 radical (unpaired) electrons. The van der Waals surface area contributed by atoms with Crippen LogP contribution in [0.5, 0.6) is 11.5 Å². The molecular weight excluding hydrogens is 519 g/mol. The molecule has 0 heterocycles. The number of nitro groups is 1. The minimum Gasteiger partial charge on any atom is -0.493 e. The fourth-order valence-electron chi connectivity index (χ4n) is 2.86. The van der Waals surface area contributed by atoms with E-state index in [-0.39, 0.29) is 12.3 Å². The van der Waals surface area contributed by atoms with E-state index in [0.717, 1.165) is 5.56 Å². The van der Waals surface area contributed by atoms with Gasteiger partial charge in [0.1, 0.15) is 6.61 Å². The second-order valence-corrected chi connectivity index (χ2v) is 8.21. The number of allylic oxidation sites excluding steroid dienone is 1. The van der Waals surface area contributed by atoms with E-state index in [1.165, 1.54) is 31.4 Å². The predicted octanol–water partition coefficient (Wildman–Crippen LogP) is 7.32. The Labute approximate surface area is 202 Å². The molecule has 0 bridgehead atoms. The molecule has 0 saturated carbocycles. The quantitative estimate of drug-likeness (QED) is 0.137. The summed E-state index contributed by atoms with van der Waals surface area (Å²) in [4.78, 5) is 10.4. The number of hydrogen-bond acceptors (Lipinski definition) is 5. The van der Waals surface area contributed by atoms with Gasteiger partial charge in [-0.1, -0.05) is 29.3 Å². The zero-order valence-corrected chi connectivity index (χ0v) is 19.7. The fourth-order valence-corrected chi connectivity index (χ4v) is 3.75. The Bertz CT molecular complexity index is 1240. The highest BCUT2D eigenvalue weighted by Gasteiger charge is 2.13. The predicted molar refractivity (Wildman–Crippen MR) is 128 cm³/mol. The lowest BCUT2D eigenvalue weighted by atomic mass is 10.0. The van der Waals surface area contributed by atoms with Crippen molar-refractivity contribution in [3.8, 4) is 17.6 Å². The van der Waals surface area contributed by atoms with Gasteiger partial charge in [-0.3, -0.25) is 10.1 Å². The van der Waals surface area contributed by atoms with E-state index in [2.05, 4.69) is 22.0 Å². The maximum atomic E-state index is 10.8. The Morgan fingerprint density at radius 1 is 1.16 bits per heavy atom. The zero-order valence-electron chi connectivity index (χ0n) is 16.6. The molecule has 3 aromatic carbocycles. The molecule has 0 spiro atoms. The van der Waals surface area contributed by atoms with E-state index in [0.29, 0.717) is 42.7 Å². The van der Waals surface area contributed by atoms with Crippen LogP contribution in [0.4, 0.5) is 5.69 Å². The van der Waals surface area contributed by atoms with Crippen LogP contribution in [0, 0.1) is 21.4 Å². The van der Waals surface area contributed by atoms with Crippen LogP contribution >= 0.6 is 39.1 Å². The van der Waals surface area contributed by atoms with Crippen molar-refractivity contribution in [2.24, 2.45) is 0 Å². The van der Waals surface area contributed by atoms with Crippen LogP contribution in [0.25, 0.3) is 11.6 Å². The molecule has 0 atom stereocenters. The normalized spacial score (nSPS) is 11.0. The summed E-state index contributed by atoms with van der Waals surface area (Å²) in [6, 6.07) is 16.7. The first-order valence-corrected chi connectivity index (χ1v) is 10.7. The summed E-state index contributed by atoms with van der Waals surface area (Å²) in [5, 5.41) is 21.3. The van der Waals surface area contributed by atoms with Gasteiger partial charge in [0.25, 0.3) is 5.69 Å². The zero-order chi connectivity index (χ0) is 23.3. The molecule has 162 valence electrons. The summed E-state index contributed by atoms with van der Waals surface area (Å²) in [6.45, 7) is 0.243. The van der Waals surface area contributed by atoms with E-state index in [1.54, 1.807) is 30.3 Å². The van der Waals surface area contributed by atoms with Crippen molar-refractivity contribution in [2.45, 2.75) is 6.61 Å². The summed E-state index contributed by atoms with van der Waals surface area (Å²) in [7, 11) is 1.52. The van der Waals surface area contributed by atoms with Gasteiger partial charge in [-0.2, -0.15) is 5.26 Å². The molecule has 0 unspecified atom stereocenters. The van der Waals surface area contributed by atoms with E-state index in [9.17, 15) is 15.4 Å². The molecule has 9 heteroatoms. The second kappa shape index (κ2) is 10.5. The number of ether oxygens (including phenoxy) is 2. The van der Waals surface area contributed by atoms with Crippen LogP contribution in [-0.4, -0.2) is 12.0 Å². The number of methoxy groups -OCH3 is 1. The van der Waals surface area contributed by atoms with Gasteiger partial charge in [0.15, 0.2) is 11.5 Å². The van der Waals surface area contributed by atoms with Gasteiger partial charge >= 0.3 is 0 Å². The van der Waals surface area contributed by atoms with Crippen molar-refractivity contribution in [1.82, 2.24) is 0 Å². The number of rotatable bonds is 7. The minimum absolute atomic E-state index is 0.0427. The molecule has 0 aliphatic carbocycles. The summed E-state index contributed by atoms with van der Waals surface area (Å²) in [6.07, 6.45) is 1.66. The average Bonchev–Trinajstić information content (AvgIpc) is 2.78. The number of nitriles is 1. The third kappa shape index (κ3) is 5.60. The van der Waals surface area contributed by atoms with Gasteiger partial charge in [0.05, 0.1) is 38.2 Å². The van der Waals surface area contributed by atoms with Crippen molar-refractivity contribution in [3.63, 3.8) is 0 Å². The number of hydrogen-bond donors (Lipinski definition) is 0. The molecule has 0 saturated heterocycles. The number of halogens is 3. The second-order valence-electron chi connectivity index (χ2n) is 6.55. The van der Waals surface area contributed by atoms with Gasteiger partial charge in [-0.25, -0.2) is 0 Å². The van der Waals surface area contributed by atoms with Crippen molar-refractivity contribution in [3.05, 3.63) is 95.9 Å². The van der Waals surface area contributed by atoms with Crippen molar-refractivity contribution < 1.29 is 14.4 Å². The standard InChI is InChI=1S/C23H15BrCl2N2O4/c1-31-22-11-15(8-17(12-27)16-3-5-18(6-4-16)28(29)30)9-19(24)23(22)32-13-14-2-7-20(25)21(26)10-14/h2-11H,13H2,1H3/b17-8-. The summed E-state index contributed by atoms with van der Waals surface area (Å²) < 4.78 is 12.0. The Kier molecular flexibility index (Phi) is 7.75. The number of nitrogens with zero attached hydrogens (tertiary/aromatic N) is 2. The van der Waals surface area contributed by atoms with Crippen LogP contribution in [0.2, 0.25) is 10.0 Å². The van der Waals surface area contributed by atoms with Crippen LogP contribution in [-0.2, 0) is 6.61 Å². The average molecular weight is 534 g/mol. The monoisotopic (exact) mass is 532 g/mol. The van der Waals surface area contributed by atoms with Gasteiger partial charge in [-0.05, 0) is 75.1 Å². The van der Waals surface area contributed by atoms with Crippen molar-refractivity contribution in [1.29, 1.82) is 5.26 Å². The van der Waals surface area contributed by atoms with E-state index in [4.69, 9.17) is 32.7 Å². The first-order chi connectivity index (χ1) is 15.3. The first kappa shape index (κ1) is 23.6. The SMILES string of the molecule is COc1cc(/C=C(/C#N)c2ccc([N+](=O)[O-])cc2)cc(Br)c1OCc1ccc(Cl)c(Cl)c1. The highest BCUT2D eigenvalue weighted by Crippen LogP contribution is 2.38. The highest BCUT2D eigenvalue weighted by atomic mass is 79.9. The number of non-ortho nitro benzene ring substituents is 1. The minimum atomic E-state index is -0.488. The van der Waals surface area contributed by atoms with Crippen LogP contribution in [0.15, 0.2) is 59.1 Å². The largest absolute Gasteiger partial charge is 0.493 e. The Morgan fingerprint density at radius 2 is 1.88 bits per heavy atom. The van der Waals surface area contributed by atoms with E-state index in [1.807, 2.05) is 6.07 Å². The Hall–Kier alpha value is -3.05. The van der Waals surface area contributed by atoms with Crippen molar-refractivity contribution in [2.75, 3.05) is 7.11 Å². The van der Waals surface area contributed by atoms with Gasteiger partial charge in [0, 0.05) is 12.1 Å². The summed E-state index contributed by atoms with van der Waals surface area (Å²) in [5.41, 5.74) is 2.39. The molecule has 0 N–H and O–H groups in total. The number of nitro benzene ring substituents is 1. The molecule has 0 aliphatic rings. The lowest BCUT2D eigenvalue weighted by Crippen LogP contribution is -1.99. The molecule has 0 aromatic heterocycles. The summed E-state index contributed by atoms with van der Waals surface area (Å²) >= 11 is 15.5. The molecule has 32 heavy (non-hydrogen) atoms. The van der Waals surface area contributed by atoms with Gasteiger partial charge in [-0.15, -0.1) is 0 Å². The maximum absolute atomic E-state index is 10.8. The lowest BCUT2D eigenvalue weighted by molar-refractivity contribution is -0.384. The van der Waals surface area contributed by atoms with E-state index < -0.39 is 4.92 Å². The Balaban J connectivity index is 1.88. The molecule has 0 aliphatic heterocycles. The third-order valence-electron chi connectivity index (χ3n) is 4.44. The molecule has 0 fully saturated rings. The van der Waals surface area contributed by atoms with Gasteiger partial charge in [0.2, 0.25) is 0 Å². The fraction of sp³-hybridized carbons (Fsp3) is 0.0870. The lowest BCUT2D eigenvalue weighted by Gasteiger charge is -2.14. The Morgan fingerprint density at radius 3 is 2.47 bits per heavy atom. The molecule has 3 aromatic rings. The maximum Gasteiger partial charge on any atom is 0.269 e.